The summed E-state index contributed by atoms with van der Waals surface area (Å²) in [5.74, 6) is 0.312. The average Bonchev–Trinajstić information content (AvgIpc) is 3.10. The zero-order valence-electron chi connectivity index (χ0n) is 12.0. The zero-order chi connectivity index (χ0) is 15.0. The van der Waals surface area contributed by atoms with Crippen molar-refractivity contribution in [3.8, 4) is 0 Å². The summed E-state index contributed by atoms with van der Waals surface area (Å²) in [4.78, 5) is 2.24. The molecule has 3 N–H and O–H groups in total. The lowest BCUT2D eigenvalue weighted by Gasteiger charge is -2.32. The van der Waals surface area contributed by atoms with Crippen LogP contribution in [0.1, 0.15) is 44.1 Å². The number of nitrogens with two attached hydrogens (primary N) is 1. The largest absolute Gasteiger partial charge is 0.384 e. The number of hydrogen-bond donors (Lipinski definition) is 2. The first kappa shape index (κ1) is 14.8. The lowest BCUT2D eigenvalue weighted by atomic mass is 9.95. The average molecular weight is 354 g/mol. The first-order valence-corrected chi connectivity index (χ1v) is 8.48. The highest BCUT2D eigenvalue weighted by molar-refractivity contribution is 9.10. The molecular weight excluding hydrogens is 333 g/mol. The number of rotatable bonds is 3. The first-order valence-electron chi connectivity index (χ1n) is 7.68. The zero-order valence-corrected chi connectivity index (χ0v) is 13.6. The lowest BCUT2D eigenvalue weighted by Crippen LogP contribution is -2.35. The van der Waals surface area contributed by atoms with Crippen LogP contribution in [0.25, 0.3) is 0 Å². The van der Waals surface area contributed by atoms with Crippen LogP contribution in [0.3, 0.4) is 0 Å². The molecule has 21 heavy (non-hydrogen) atoms. The van der Waals surface area contributed by atoms with E-state index in [2.05, 4.69) is 20.8 Å². The van der Waals surface area contributed by atoms with E-state index in [0.29, 0.717) is 27.7 Å². The van der Waals surface area contributed by atoms with Crippen molar-refractivity contribution in [1.82, 2.24) is 0 Å². The third-order valence-corrected chi connectivity index (χ3v) is 5.68. The second kappa shape index (κ2) is 5.95. The molecule has 3 rings (SSSR count). The molecule has 5 heteroatoms. The van der Waals surface area contributed by atoms with Crippen LogP contribution >= 0.6 is 15.9 Å². The van der Waals surface area contributed by atoms with Crippen molar-refractivity contribution in [2.45, 2.75) is 44.6 Å². The van der Waals surface area contributed by atoms with Crippen LogP contribution in [-0.2, 0) is 0 Å². The Morgan fingerprint density at radius 2 is 1.95 bits per heavy atom. The summed E-state index contributed by atoms with van der Waals surface area (Å²) in [5.41, 5.74) is 6.56. The van der Waals surface area contributed by atoms with E-state index in [4.69, 9.17) is 11.1 Å². The van der Waals surface area contributed by atoms with Gasteiger partial charge in [0.25, 0.3) is 0 Å². The third-order valence-electron chi connectivity index (χ3n) is 4.90. The fourth-order valence-corrected chi connectivity index (χ4v) is 4.44. The van der Waals surface area contributed by atoms with Crippen molar-refractivity contribution >= 4 is 27.5 Å². The van der Waals surface area contributed by atoms with Gasteiger partial charge < -0.3 is 10.6 Å². The minimum Gasteiger partial charge on any atom is -0.384 e. The van der Waals surface area contributed by atoms with Gasteiger partial charge in [-0.15, -0.1) is 0 Å². The summed E-state index contributed by atoms with van der Waals surface area (Å²) in [6, 6.07) is 4.00. The van der Waals surface area contributed by atoms with Gasteiger partial charge in [-0.05, 0) is 59.7 Å². The van der Waals surface area contributed by atoms with E-state index in [9.17, 15) is 4.39 Å². The first-order chi connectivity index (χ1) is 10.1. The topological polar surface area (TPSA) is 53.1 Å². The van der Waals surface area contributed by atoms with Gasteiger partial charge in [0, 0.05) is 18.2 Å². The number of nitrogen functional groups attached to an aromatic ring is 1. The molecule has 0 aromatic heterocycles. The molecule has 0 bridgehead atoms. The van der Waals surface area contributed by atoms with Crippen LogP contribution in [0.2, 0.25) is 0 Å². The number of nitrogens with zero attached hydrogens (tertiary/aromatic N) is 1. The maximum Gasteiger partial charge on any atom is 0.161 e. The summed E-state index contributed by atoms with van der Waals surface area (Å²) < 4.78 is 15.0. The van der Waals surface area contributed by atoms with Gasteiger partial charge in [-0.25, -0.2) is 4.39 Å². The SMILES string of the molecule is N=C(N)c1ccc(N2CCCC2C2CCCC2)c(F)c1Br. The van der Waals surface area contributed by atoms with E-state index in [1.165, 1.54) is 25.7 Å². The molecule has 1 saturated heterocycles. The van der Waals surface area contributed by atoms with E-state index in [1.54, 1.807) is 12.1 Å². The number of amidine groups is 1. The Kier molecular flexibility index (Phi) is 4.20. The van der Waals surface area contributed by atoms with Crippen LogP contribution in [0.5, 0.6) is 0 Å². The maximum absolute atomic E-state index is 14.7. The molecule has 114 valence electrons. The third kappa shape index (κ3) is 2.68. The minimum absolute atomic E-state index is 0.110. The molecule has 2 fully saturated rings. The van der Waals surface area contributed by atoms with Crippen molar-refractivity contribution < 1.29 is 4.39 Å². The molecule has 1 aliphatic heterocycles. The molecule has 2 aliphatic rings. The Balaban J connectivity index is 1.92. The maximum atomic E-state index is 14.7. The van der Waals surface area contributed by atoms with Crippen molar-refractivity contribution in [1.29, 1.82) is 5.41 Å². The van der Waals surface area contributed by atoms with Gasteiger partial charge in [0.05, 0.1) is 10.2 Å². The van der Waals surface area contributed by atoms with E-state index in [1.807, 2.05) is 0 Å². The van der Waals surface area contributed by atoms with Crippen LogP contribution in [-0.4, -0.2) is 18.4 Å². The van der Waals surface area contributed by atoms with Gasteiger partial charge in [0.1, 0.15) is 5.84 Å². The molecule has 1 aromatic carbocycles. The van der Waals surface area contributed by atoms with E-state index in [0.717, 1.165) is 19.4 Å². The van der Waals surface area contributed by atoms with E-state index >= 15 is 0 Å². The van der Waals surface area contributed by atoms with Crippen LogP contribution in [0.15, 0.2) is 16.6 Å². The highest BCUT2D eigenvalue weighted by atomic mass is 79.9. The number of hydrogen-bond acceptors (Lipinski definition) is 2. The van der Waals surface area contributed by atoms with Crippen LogP contribution < -0.4 is 10.6 Å². The number of nitrogens with one attached hydrogen (secondary N) is 1. The van der Waals surface area contributed by atoms with E-state index in [-0.39, 0.29) is 11.7 Å². The summed E-state index contributed by atoms with van der Waals surface area (Å²) in [5, 5.41) is 7.50. The Morgan fingerprint density at radius 3 is 2.62 bits per heavy atom. The van der Waals surface area contributed by atoms with Crippen LogP contribution in [0, 0.1) is 17.1 Å². The quantitative estimate of drug-likeness (QED) is 0.636. The highest BCUT2D eigenvalue weighted by Crippen LogP contribution is 2.40. The monoisotopic (exact) mass is 353 g/mol. The molecule has 0 radical (unpaired) electrons. The summed E-state index contributed by atoms with van der Waals surface area (Å²) >= 11 is 3.26. The van der Waals surface area contributed by atoms with Gasteiger partial charge in [-0.3, -0.25) is 5.41 Å². The molecule has 1 saturated carbocycles. The number of halogens is 2. The molecular formula is C16H21BrFN3. The smallest absolute Gasteiger partial charge is 0.161 e. The highest BCUT2D eigenvalue weighted by Gasteiger charge is 2.34. The minimum atomic E-state index is -0.285. The molecule has 3 nitrogen and oxygen atoms in total. The molecule has 1 aliphatic carbocycles. The van der Waals surface area contributed by atoms with Crippen molar-refractivity contribution in [3.05, 3.63) is 28.0 Å². The van der Waals surface area contributed by atoms with Gasteiger partial charge in [0.2, 0.25) is 0 Å². The predicted octanol–water partition coefficient (Wildman–Crippen LogP) is 4.03. The Labute approximate surface area is 133 Å². The van der Waals surface area contributed by atoms with Crippen molar-refractivity contribution in [3.63, 3.8) is 0 Å². The van der Waals surface area contributed by atoms with Gasteiger partial charge in [0.15, 0.2) is 5.82 Å². The summed E-state index contributed by atoms with van der Waals surface area (Å²) in [7, 11) is 0. The normalized spacial score (nSPS) is 23.0. The number of anilines is 1. The Bertz CT molecular complexity index is 555. The molecule has 0 spiro atoms. The van der Waals surface area contributed by atoms with E-state index < -0.39 is 0 Å². The molecule has 1 heterocycles. The van der Waals surface area contributed by atoms with Gasteiger partial charge >= 0.3 is 0 Å². The fourth-order valence-electron chi connectivity index (χ4n) is 3.89. The second-order valence-corrected chi connectivity index (χ2v) is 6.91. The molecule has 1 aromatic rings. The fraction of sp³-hybridized carbons (Fsp3) is 0.562. The second-order valence-electron chi connectivity index (χ2n) is 6.12. The predicted molar refractivity (Wildman–Crippen MR) is 87.4 cm³/mol. The summed E-state index contributed by atoms with van der Waals surface area (Å²) in [6.07, 6.45) is 7.46. The van der Waals surface area contributed by atoms with Crippen LogP contribution in [0.4, 0.5) is 10.1 Å². The van der Waals surface area contributed by atoms with Crippen molar-refractivity contribution in [2.24, 2.45) is 11.7 Å². The lowest BCUT2D eigenvalue weighted by molar-refractivity contribution is 0.427. The molecule has 1 atom stereocenters. The van der Waals surface area contributed by atoms with Gasteiger partial charge in [-0.2, -0.15) is 0 Å². The molecule has 1 unspecified atom stereocenters. The molecule has 0 amide bonds. The Hall–Kier alpha value is -1.10. The summed E-state index contributed by atoms with van der Waals surface area (Å²) in [6.45, 7) is 0.921. The Morgan fingerprint density at radius 1 is 1.24 bits per heavy atom. The standard InChI is InChI=1S/C16H21BrFN3/c17-14-11(16(19)20)7-8-13(15(14)18)21-9-3-6-12(21)10-4-1-2-5-10/h7-8,10,12H,1-6,9H2,(H3,19,20). The number of benzene rings is 1. The van der Waals surface area contributed by atoms with Gasteiger partial charge in [-0.1, -0.05) is 12.8 Å². The van der Waals surface area contributed by atoms with Crippen molar-refractivity contribution in [2.75, 3.05) is 11.4 Å².